The van der Waals surface area contributed by atoms with Crippen molar-refractivity contribution >= 4 is 5.91 Å². The van der Waals surface area contributed by atoms with Gasteiger partial charge in [0.15, 0.2) is 0 Å². The summed E-state index contributed by atoms with van der Waals surface area (Å²) in [5.41, 5.74) is 5.83. The van der Waals surface area contributed by atoms with Crippen LogP contribution in [0.1, 0.15) is 26.7 Å². The fourth-order valence-electron chi connectivity index (χ4n) is 1.70. The molecule has 1 saturated heterocycles. The largest absolute Gasteiger partial charge is 0.372 e. The zero-order valence-corrected chi connectivity index (χ0v) is 9.03. The van der Waals surface area contributed by atoms with E-state index in [2.05, 4.69) is 0 Å². The zero-order valence-electron chi connectivity index (χ0n) is 9.03. The van der Waals surface area contributed by atoms with E-state index in [0.29, 0.717) is 6.61 Å². The minimum Gasteiger partial charge on any atom is -0.372 e. The molecule has 2 unspecified atom stereocenters. The van der Waals surface area contributed by atoms with E-state index in [1.807, 2.05) is 18.7 Å². The van der Waals surface area contributed by atoms with Crippen molar-refractivity contribution in [1.82, 2.24) is 4.90 Å². The van der Waals surface area contributed by atoms with Crippen molar-refractivity contribution < 1.29 is 9.53 Å². The van der Waals surface area contributed by atoms with E-state index in [0.717, 1.165) is 19.4 Å². The summed E-state index contributed by atoms with van der Waals surface area (Å²) < 4.78 is 5.21. The van der Waals surface area contributed by atoms with Crippen LogP contribution in [0.3, 0.4) is 0 Å². The third-order valence-electron chi connectivity index (χ3n) is 2.71. The Kier molecular flexibility index (Phi) is 4.35. The number of nitrogens with zero attached hydrogens (tertiary/aromatic N) is 1. The Morgan fingerprint density at radius 2 is 2.36 bits per heavy atom. The lowest BCUT2D eigenvalue weighted by Crippen LogP contribution is -2.42. The summed E-state index contributed by atoms with van der Waals surface area (Å²) >= 11 is 0. The number of carbonyl (C=O) groups excluding carboxylic acids is 1. The third-order valence-corrected chi connectivity index (χ3v) is 2.71. The molecule has 1 rings (SSSR count). The minimum absolute atomic E-state index is 0.0684. The van der Waals surface area contributed by atoms with Crippen LogP contribution >= 0.6 is 0 Å². The number of nitrogens with two attached hydrogens (primary N) is 1. The highest BCUT2D eigenvalue weighted by Gasteiger charge is 2.30. The molecule has 0 aliphatic carbocycles. The summed E-state index contributed by atoms with van der Waals surface area (Å²) in [6.45, 7) is 5.65. The van der Waals surface area contributed by atoms with Crippen molar-refractivity contribution in [2.75, 3.05) is 19.8 Å². The van der Waals surface area contributed by atoms with E-state index < -0.39 is 0 Å². The molecule has 1 aliphatic heterocycles. The highest BCUT2D eigenvalue weighted by Crippen LogP contribution is 2.15. The third kappa shape index (κ3) is 2.69. The Bertz CT molecular complexity index is 197. The molecule has 14 heavy (non-hydrogen) atoms. The molecule has 1 amide bonds. The van der Waals surface area contributed by atoms with E-state index >= 15 is 0 Å². The Labute approximate surface area is 85.4 Å². The Morgan fingerprint density at radius 1 is 1.64 bits per heavy atom. The van der Waals surface area contributed by atoms with Gasteiger partial charge in [-0.1, -0.05) is 6.92 Å². The van der Waals surface area contributed by atoms with Crippen LogP contribution in [-0.4, -0.2) is 42.6 Å². The van der Waals surface area contributed by atoms with Crippen molar-refractivity contribution in [3.63, 3.8) is 0 Å². The fraction of sp³-hybridized carbons (Fsp3) is 0.900. The molecule has 0 saturated carbocycles. The molecule has 1 fully saturated rings. The lowest BCUT2D eigenvalue weighted by atomic mass is 10.2. The second-order valence-electron chi connectivity index (χ2n) is 3.83. The standard InChI is InChI=1S/C10H20N2O2/c1-3-6-14-7-10(13)12-5-4-9(11)8(12)2/h8-9H,3-7,11H2,1-2H3. The molecule has 0 aromatic rings. The van der Waals surface area contributed by atoms with Crippen molar-refractivity contribution in [3.8, 4) is 0 Å². The summed E-state index contributed by atoms with van der Waals surface area (Å²) in [5.74, 6) is 0.0684. The van der Waals surface area contributed by atoms with Crippen LogP contribution in [0.2, 0.25) is 0 Å². The number of rotatable bonds is 4. The number of ether oxygens (including phenoxy) is 1. The highest BCUT2D eigenvalue weighted by molar-refractivity contribution is 5.78. The average Bonchev–Trinajstić information content (AvgIpc) is 2.48. The quantitative estimate of drug-likeness (QED) is 0.667. The van der Waals surface area contributed by atoms with Crippen LogP contribution in [0.25, 0.3) is 0 Å². The lowest BCUT2D eigenvalue weighted by Gasteiger charge is -2.23. The number of amides is 1. The predicted molar refractivity (Wildman–Crippen MR) is 54.9 cm³/mol. The van der Waals surface area contributed by atoms with Gasteiger partial charge in [-0.05, 0) is 19.8 Å². The molecule has 4 heteroatoms. The van der Waals surface area contributed by atoms with Gasteiger partial charge in [-0.15, -0.1) is 0 Å². The van der Waals surface area contributed by atoms with Gasteiger partial charge < -0.3 is 15.4 Å². The molecule has 0 aromatic heterocycles. The molecule has 82 valence electrons. The monoisotopic (exact) mass is 200 g/mol. The second kappa shape index (κ2) is 5.32. The highest BCUT2D eigenvalue weighted by atomic mass is 16.5. The molecule has 0 radical (unpaired) electrons. The van der Waals surface area contributed by atoms with Crippen molar-refractivity contribution in [3.05, 3.63) is 0 Å². The second-order valence-corrected chi connectivity index (χ2v) is 3.83. The summed E-state index contributed by atoms with van der Waals surface area (Å²) in [6, 6.07) is 0.290. The summed E-state index contributed by atoms with van der Waals surface area (Å²) in [4.78, 5) is 13.4. The Hall–Kier alpha value is -0.610. The fourth-order valence-corrected chi connectivity index (χ4v) is 1.70. The molecule has 2 N–H and O–H groups in total. The van der Waals surface area contributed by atoms with Crippen LogP contribution < -0.4 is 5.73 Å². The lowest BCUT2D eigenvalue weighted by molar-refractivity contribution is -0.136. The molecule has 0 bridgehead atoms. The summed E-state index contributed by atoms with van der Waals surface area (Å²) in [6.07, 6.45) is 1.85. The van der Waals surface area contributed by atoms with Gasteiger partial charge in [0.25, 0.3) is 0 Å². The maximum Gasteiger partial charge on any atom is 0.248 e. The van der Waals surface area contributed by atoms with E-state index in [9.17, 15) is 4.79 Å². The van der Waals surface area contributed by atoms with Gasteiger partial charge >= 0.3 is 0 Å². The Morgan fingerprint density at radius 3 is 2.86 bits per heavy atom. The molecule has 1 aliphatic rings. The first kappa shape index (κ1) is 11.5. The number of hydrogen-bond acceptors (Lipinski definition) is 3. The summed E-state index contributed by atoms with van der Waals surface area (Å²) in [5, 5.41) is 0. The van der Waals surface area contributed by atoms with Crippen LogP contribution in [0.4, 0.5) is 0 Å². The van der Waals surface area contributed by atoms with Crippen LogP contribution in [0.15, 0.2) is 0 Å². The molecular formula is C10H20N2O2. The Balaban J connectivity index is 2.30. The normalized spacial score (nSPS) is 26.9. The van der Waals surface area contributed by atoms with Crippen molar-refractivity contribution in [1.29, 1.82) is 0 Å². The predicted octanol–water partition coefficient (Wildman–Crippen LogP) is 0.361. The van der Waals surface area contributed by atoms with Crippen molar-refractivity contribution in [2.24, 2.45) is 5.73 Å². The SMILES string of the molecule is CCCOCC(=O)N1CCC(N)C1C. The number of likely N-dealkylation sites (tertiary alicyclic amines) is 1. The van der Waals surface area contributed by atoms with Gasteiger partial charge in [0.05, 0.1) is 0 Å². The average molecular weight is 200 g/mol. The molecular weight excluding hydrogens is 180 g/mol. The van der Waals surface area contributed by atoms with Crippen LogP contribution in [0.5, 0.6) is 0 Å². The van der Waals surface area contributed by atoms with Gasteiger partial charge in [-0.25, -0.2) is 0 Å². The molecule has 0 aromatic carbocycles. The maximum atomic E-state index is 11.6. The molecule has 2 atom stereocenters. The molecule has 0 spiro atoms. The maximum absolute atomic E-state index is 11.6. The number of carbonyl (C=O) groups is 1. The van der Waals surface area contributed by atoms with Crippen LogP contribution in [-0.2, 0) is 9.53 Å². The minimum atomic E-state index is 0.0684. The van der Waals surface area contributed by atoms with E-state index in [1.54, 1.807) is 0 Å². The van der Waals surface area contributed by atoms with E-state index in [-0.39, 0.29) is 24.6 Å². The van der Waals surface area contributed by atoms with Crippen molar-refractivity contribution in [2.45, 2.75) is 38.8 Å². The van der Waals surface area contributed by atoms with E-state index in [4.69, 9.17) is 10.5 Å². The first-order valence-corrected chi connectivity index (χ1v) is 5.29. The zero-order chi connectivity index (χ0) is 10.6. The van der Waals surface area contributed by atoms with Crippen LogP contribution in [0, 0.1) is 0 Å². The van der Waals surface area contributed by atoms with E-state index in [1.165, 1.54) is 0 Å². The topological polar surface area (TPSA) is 55.6 Å². The van der Waals surface area contributed by atoms with Gasteiger partial charge in [0.2, 0.25) is 5.91 Å². The summed E-state index contributed by atoms with van der Waals surface area (Å²) in [7, 11) is 0. The first-order valence-electron chi connectivity index (χ1n) is 5.29. The van der Waals surface area contributed by atoms with Gasteiger partial charge in [-0.3, -0.25) is 4.79 Å². The van der Waals surface area contributed by atoms with Gasteiger partial charge in [0.1, 0.15) is 6.61 Å². The van der Waals surface area contributed by atoms with Gasteiger partial charge in [0, 0.05) is 25.2 Å². The number of hydrogen-bond donors (Lipinski definition) is 1. The first-order chi connectivity index (χ1) is 6.66. The molecule has 4 nitrogen and oxygen atoms in total. The smallest absolute Gasteiger partial charge is 0.248 e. The molecule has 1 heterocycles. The van der Waals surface area contributed by atoms with Gasteiger partial charge in [-0.2, -0.15) is 0 Å².